The second kappa shape index (κ2) is 5.49. The van der Waals surface area contributed by atoms with Crippen LogP contribution in [0.1, 0.15) is 0 Å². The maximum Gasteiger partial charge on any atom is 1.00 e. The quantitative estimate of drug-likeness (QED) is 0.372. The molecule has 0 aromatic heterocycles. The van der Waals surface area contributed by atoms with Gasteiger partial charge in [0.15, 0.2) is 0 Å². The van der Waals surface area contributed by atoms with E-state index in [9.17, 15) is 17.2 Å². The van der Waals surface area contributed by atoms with E-state index in [0.717, 1.165) is 12.1 Å². The molecule has 0 heterocycles. The normalized spacial score (nSPS) is 10.5. The molecule has 1 rings (SSSR count). The molecule has 0 unspecified atom stereocenters. The summed E-state index contributed by atoms with van der Waals surface area (Å²) in [5.74, 6) is -3.83. The minimum Gasteiger partial charge on any atom is -0.385 e. The van der Waals surface area contributed by atoms with Crippen molar-refractivity contribution in [3.8, 4) is 5.75 Å². The second-order valence-corrected chi connectivity index (χ2v) is 3.00. The van der Waals surface area contributed by atoms with E-state index in [-0.39, 0.29) is 51.4 Å². The Bertz CT molecular complexity index is 420. The third-order valence-electron chi connectivity index (χ3n) is 1.05. The van der Waals surface area contributed by atoms with E-state index in [1.54, 1.807) is 0 Å². The molecule has 0 aliphatic rings. The standard InChI is InChI=1S/C6H3F2O4S.K/c7-4-2-1-3-5(6(4)8)12-13(9,10)11;/h1,3H,(H,9,10,11);/q-1;+1. The van der Waals surface area contributed by atoms with E-state index in [2.05, 4.69) is 4.18 Å². The molecule has 0 atom stereocenters. The molecule has 0 aliphatic carbocycles. The monoisotopic (exact) mass is 248 g/mol. The summed E-state index contributed by atoms with van der Waals surface area (Å²) in [6.07, 6.45) is 0. The number of rotatable bonds is 2. The molecule has 14 heavy (non-hydrogen) atoms. The van der Waals surface area contributed by atoms with E-state index in [1.165, 1.54) is 0 Å². The van der Waals surface area contributed by atoms with Crippen LogP contribution in [0.5, 0.6) is 5.75 Å². The van der Waals surface area contributed by atoms with E-state index >= 15 is 0 Å². The van der Waals surface area contributed by atoms with Gasteiger partial charge in [-0.1, -0.05) is 0 Å². The van der Waals surface area contributed by atoms with E-state index < -0.39 is 27.8 Å². The molecule has 1 aromatic rings. The second-order valence-electron chi connectivity index (χ2n) is 1.98. The van der Waals surface area contributed by atoms with Crippen molar-refractivity contribution in [3.05, 3.63) is 29.8 Å². The number of benzene rings is 1. The predicted octanol–water partition coefficient (Wildman–Crippen LogP) is -2.05. The maximum absolute atomic E-state index is 12.6. The van der Waals surface area contributed by atoms with Gasteiger partial charge >= 0.3 is 61.8 Å². The van der Waals surface area contributed by atoms with Crippen LogP contribution in [0.4, 0.5) is 8.78 Å². The number of hydrogen-bond donors (Lipinski definition) is 1. The largest absolute Gasteiger partial charge is 1.00 e. The van der Waals surface area contributed by atoms with Gasteiger partial charge in [-0.2, -0.15) is 14.5 Å². The third kappa shape index (κ3) is 4.30. The van der Waals surface area contributed by atoms with Crippen LogP contribution in [0.15, 0.2) is 12.1 Å². The zero-order valence-electron chi connectivity index (χ0n) is 6.99. The third-order valence-corrected chi connectivity index (χ3v) is 1.44. The molecule has 1 N–H and O–H groups in total. The number of hydrogen-bond acceptors (Lipinski definition) is 3. The van der Waals surface area contributed by atoms with E-state index in [4.69, 9.17) is 4.55 Å². The Kier molecular flexibility index (Phi) is 5.66. The first-order chi connectivity index (χ1) is 5.90. The first kappa shape index (κ1) is 14.4. The molecule has 0 bridgehead atoms. The van der Waals surface area contributed by atoms with Crippen molar-refractivity contribution in [2.75, 3.05) is 0 Å². The van der Waals surface area contributed by atoms with Gasteiger partial charge in [0.25, 0.3) is 0 Å². The molecule has 8 heteroatoms. The number of halogens is 2. The van der Waals surface area contributed by atoms with Gasteiger partial charge in [0.05, 0.1) is 11.6 Å². The minimum atomic E-state index is -4.84. The summed E-state index contributed by atoms with van der Waals surface area (Å²) in [6, 6.07) is 3.55. The van der Waals surface area contributed by atoms with Gasteiger partial charge in [-0.3, -0.25) is 8.94 Å². The Morgan fingerprint density at radius 2 is 2.00 bits per heavy atom. The Labute approximate surface area is 122 Å². The minimum absolute atomic E-state index is 0. The van der Waals surface area contributed by atoms with Crippen LogP contribution in [0.25, 0.3) is 0 Å². The molecule has 0 radical (unpaired) electrons. The summed E-state index contributed by atoms with van der Waals surface area (Å²) in [5.41, 5.74) is 0. The summed E-state index contributed by atoms with van der Waals surface area (Å²) in [4.78, 5) is 0. The Morgan fingerprint density at radius 3 is 2.50 bits per heavy atom. The molecular weight excluding hydrogens is 245 g/mol. The van der Waals surface area contributed by atoms with Crippen LogP contribution in [0.2, 0.25) is 0 Å². The Morgan fingerprint density at radius 1 is 1.43 bits per heavy atom. The molecule has 0 saturated heterocycles. The van der Waals surface area contributed by atoms with Crippen molar-refractivity contribution in [3.63, 3.8) is 0 Å². The first-order valence-electron chi connectivity index (χ1n) is 2.93. The molecule has 0 spiro atoms. The molecular formula is C6H3F2KO4S. The van der Waals surface area contributed by atoms with Crippen molar-refractivity contribution in [2.24, 2.45) is 0 Å². The maximum atomic E-state index is 12.6. The van der Waals surface area contributed by atoms with Crippen molar-refractivity contribution in [1.29, 1.82) is 0 Å². The smallest absolute Gasteiger partial charge is 0.385 e. The van der Waals surface area contributed by atoms with Crippen LogP contribution in [0.3, 0.4) is 0 Å². The zero-order chi connectivity index (χ0) is 10.1. The van der Waals surface area contributed by atoms with Crippen LogP contribution in [0, 0.1) is 17.7 Å². The molecule has 1 aromatic carbocycles. The topological polar surface area (TPSA) is 63.6 Å². The van der Waals surface area contributed by atoms with Crippen LogP contribution in [-0.4, -0.2) is 13.0 Å². The van der Waals surface area contributed by atoms with Gasteiger partial charge in [-0.05, 0) is 0 Å². The summed E-state index contributed by atoms with van der Waals surface area (Å²) in [5, 5.41) is 0. The SMILES string of the molecule is O=S(=O)(O)Oc1cc[c-]c(F)c1F.[K+]. The average molecular weight is 248 g/mol. The fourth-order valence-electron chi connectivity index (χ4n) is 0.613. The van der Waals surface area contributed by atoms with Crippen molar-refractivity contribution >= 4 is 10.4 Å². The van der Waals surface area contributed by atoms with Crippen molar-refractivity contribution in [1.82, 2.24) is 0 Å². The van der Waals surface area contributed by atoms with E-state index in [0.29, 0.717) is 0 Å². The Hall–Kier alpha value is 0.426. The molecule has 0 amide bonds. The fraction of sp³-hybridized carbons (Fsp3) is 0. The predicted molar refractivity (Wildman–Crippen MR) is 37.4 cm³/mol. The van der Waals surface area contributed by atoms with Gasteiger partial charge in [-0.25, -0.2) is 4.39 Å². The zero-order valence-corrected chi connectivity index (χ0v) is 10.9. The van der Waals surface area contributed by atoms with Crippen LogP contribution >= 0.6 is 0 Å². The fourth-order valence-corrected chi connectivity index (χ4v) is 0.969. The van der Waals surface area contributed by atoms with Crippen molar-refractivity contribution < 1.29 is 77.3 Å². The average Bonchev–Trinajstić information content (AvgIpc) is 1.96. The first-order valence-corrected chi connectivity index (χ1v) is 4.29. The summed E-state index contributed by atoms with van der Waals surface area (Å²) >= 11 is 0. The van der Waals surface area contributed by atoms with Gasteiger partial charge < -0.3 is 4.18 Å². The van der Waals surface area contributed by atoms with Gasteiger partial charge in [0, 0.05) is 5.82 Å². The Balaban J connectivity index is 0.00000169. The van der Waals surface area contributed by atoms with Crippen LogP contribution in [-0.2, 0) is 10.4 Å². The molecule has 4 nitrogen and oxygen atoms in total. The molecule has 0 saturated carbocycles. The summed E-state index contributed by atoms with van der Waals surface area (Å²) in [6.45, 7) is 0. The van der Waals surface area contributed by atoms with Crippen molar-refractivity contribution in [2.45, 2.75) is 0 Å². The van der Waals surface area contributed by atoms with Gasteiger partial charge in [-0.15, -0.1) is 12.1 Å². The van der Waals surface area contributed by atoms with E-state index in [1.807, 2.05) is 6.07 Å². The molecule has 0 aliphatic heterocycles. The van der Waals surface area contributed by atoms with Gasteiger partial charge in [0.1, 0.15) is 0 Å². The molecule has 72 valence electrons. The van der Waals surface area contributed by atoms with Gasteiger partial charge in [0.2, 0.25) is 0 Å². The summed E-state index contributed by atoms with van der Waals surface area (Å²) < 4.78 is 57.0. The molecule has 0 fully saturated rings. The summed E-state index contributed by atoms with van der Waals surface area (Å²) in [7, 11) is -4.84. The van der Waals surface area contributed by atoms with Crippen LogP contribution < -0.4 is 55.6 Å².